The van der Waals surface area contributed by atoms with E-state index in [0.717, 1.165) is 37.2 Å². The number of fused-ring (bicyclic) bond motifs is 3. The first kappa shape index (κ1) is 13.4. The summed E-state index contributed by atoms with van der Waals surface area (Å²) in [7, 11) is 0. The average molecular weight is 298 g/mol. The van der Waals surface area contributed by atoms with E-state index < -0.39 is 0 Å². The van der Waals surface area contributed by atoms with Crippen molar-refractivity contribution in [1.82, 2.24) is 9.88 Å². The second kappa shape index (κ2) is 4.35. The van der Waals surface area contributed by atoms with Crippen molar-refractivity contribution in [2.75, 3.05) is 13.1 Å². The maximum atomic E-state index is 12.7. The fourth-order valence-corrected chi connectivity index (χ4v) is 3.53. The molecule has 1 saturated heterocycles. The molecule has 0 spiro atoms. The van der Waals surface area contributed by atoms with Crippen LogP contribution in [0.15, 0.2) is 23.6 Å². The lowest BCUT2D eigenvalue weighted by Crippen LogP contribution is -2.25. The zero-order valence-electron chi connectivity index (χ0n) is 12.8. The van der Waals surface area contributed by atoms with Crippen molar-refractivity contribution in [2.45, 2.75) is 32.8 Å². The molecule has 0 bridgehead atoms. The maximum Gasteiger partial charge on any atom is 0.226 e. The molecule has 1 N–H and O–H groups in total. The molecule has 1 fully saturated rings. The van der Waals surface area contributed by atoms with Crippen molar-refractivity contribution in [2.24, 2.45) is 0 Å². The van der Waals surface area contributed by atoms with Crippen LogP contribution in [0.1, 0.15) is 58.5 Å². The SMILES string of the molecule is C=C(C)OC1CCc2c1[nH]c1c2C(=O)C(C)=C(N2CC2)C1=O. The van der Waals surface area contributed by atoms with Gasteiger partial charge in [-0.1, -0.05) is 6.58 Å². The fraction of sp³-hybridized carbons (Fsp3) is 0.412. The molecule has 0 aromatic carbocycles. The van der Waals surface area contributed by atoms with Gasteiger partial charge in [0.25, 0.3) is 0 Å². The Hall–Kier alpha value is -2.30. The number of Topliss-reactive ketones (excluding diaryl/α,β-unsaturated/α-hetero) is 2. The Balaban J connectivity index is 1.81. The van der Waals surface area contributed by atoms with Gasteiger partial charge in [0.15, 0.2) is 5.78 Å². The first-order chi connectivity index (χ1) is 10.5. The molecule has 1 atom stereocenters. The van der Waals surface area contributed by atoms with E-state index in [4.69, 9.17) is 4.74 Å². The summed E-state index contributed by atoms with van der Waals surface area (Å²) in [6.45, 7) is 9.04. The topological polar surface area (TPSA) is 62.2 Å². The molecule has 2 aliphatic carbocycles. The van der Waals surface area contributed by atoms with Crippen LogP contribution in [0.2, 0.25) is 0 Å². The second-order valence-electron chi connectivity index (χ2n) is 6.23. The highest BCUT2D eigenvalue weighted by Gasteiger charge is 2.42. The van der Waals surface area contributed by atoms with Gasteiger partial charge in [0.05, 0.1) is 22.7 Å². The summed E-state index contributed by atoms with van der Waals surface area (Å²) in [5.74, 6) is 0.556. The quantitative estimate of drug-likeness (QED) is 0.688. The highest BCUT2D eigenvalue weighted by molar-refractivity contribution is 6.26. The van der Waals surface area contributed by atoms with Crippen LogP contribution >= 0.6 is 0 Å². The van der Waals surface area contributed by atoms with Crippen LogP contribution in [0, 0.1) is 0 Å². The lowest BCUT2D eigenvalue weighted by atomic mass is 9.90. The first-order valence-electron chi connectivity index (χ1n) is 7.61. The number of carbonyl (C=O) groups excluding carboxylic acids is 2. The van der Waals surface area contributed by atoms with Gasteiger partial charge in [-0.15, -0.1) is 0 Å². The van der Waals surface area contributed by atoms with Crippen molar-refractivity contribution in [3.05, 3.63) is 46.1 Å². The minimum absolute atomic E-state index is 0.0232. The van der Waals surface area contributed by atoms with Gasteiger partial charge in [0.1, 0.15) is 11.8 Å². The number of aromatic nitrogens is 1. The molecule has 1 aliphatic heterocycles. The smallest absolute Gasteiger partial charge is 0.226 e. The maximum absolute atomic E-state index is 12.7. The van der Waals surface area contributed by atoms with E-state index in [1.54, 1.807) is 13.8 Å². The minimum atomic E-state index is -0.135. The van der Waals surface area contributed by atoms with E-state index in [2.05, 4.69) is 11.6 Å². The van der Waals surface area contributed by atoms with Crippen LogP contribution < -0.4 is 0 Å². The molecule has 114 valence electrons. The zero-order chi connectivity index (χ0) is 15.6. The van der Waals surface area contributed by atoms with E-state index >= 15 is 0 Å². The van der Waals surface area contributed by atoms with Gasteiger partial charge in [-0.05, 0) is 32.3 Å². The van der Waals surface area contributed by atoms with E-state index in [9.17, 15) is 9.59 Å². The third-order valence-corrected chi connectivity index (χ3v) is 4.59. The van der Waals surface area contributed by atoms with Gasteiger partial charge in [0.2, 0.25) is 5.78 Å². The average Bonchev–Trinajstić information content (AvgIpc) is 3.09. The lowest BCUT2D eigenvalue weighted by molar-refractivity contribution is 0.0955. The van der Waals surface area contributed by atoms with Crippen molar-refractivity contribution in [1.29, 1.82) is 0 Å². The van der Waals surface area contributed by atoms with Crippen LogP contribution in [-0.2, 0) is 11.2 Å². The molecule has 0 radical (unpaired) electrons. The normalized spacial score (nSPS) is 22.8. The molecule has 0 amide bonds. The number of nitrogens with zero attached hydrogens (tertiary/aromatic N) is 1. The Labute approximate surface area is 128 Å². The monoisotopic (exact) mass is 298 g/mol. The molecular formula is C17H18N2O3. The van der Waals surface area contributed by atoms with Gasteiger partial charge in [-0.2, -0.15) is 0 Å². The number of allylic oxidation sites excluding steroid dienone is 3. The van der Waals surface area contributed by atoms with Gasteiger partial charge in [-0.25, -0.2) is 0 Å². The molecule has 1 aromatic heterocycles. The summed E-state index contributed by atoms with van der Waals surface area (Å²) in [4.78, 5) is 30.6. The lowest BCUT2D eigenvalue weighted by Gasteiger charge is -2.18. The van der Waals surface area contributed by atoms with E-state index in [0.29, 0.717) is 28.3 Å². The molecule has 3 aliphatic rings. The van der Waals surface area contributed by atoms with Crippen LogP contribution in [0.3, 0.4) is 0 Å². The van der Waals surface area contributed by atoms with Crippen molar-refractivity contribution in [3.8, 4) is 0 Å². The number of hydrogen-bond acceptors (Lipinski definition) is 4. The number of ketones is 2. The van der Waals surface area contributed by atoms with Gasteiger partial charge in [0, 0.05) is 18.7 Å². The molecule has 22 heavy (non-hydrogen) atoms. The third kappa shape index (κ3) is 1.71. The fourth-order valence-electron chi connectivity index (χ4n) is 3.53. The summed E-state index contributed by atoms with van der Waals surface area (Å²) >= 11 is 0. The van der Waals surface area contributed by atoms with Gasteiger partial charge in [-0.3, -0.25) is 9.59 Å². The molecular weight excluding hydrogens is 280 g/mol. The Morgan fingerprint density at radius 1 is 1.32 bits per heavy atom. The molecule has 1 aromatic rings. The summed E-state index contributed by atoms with van der Waals surface area (Å²) in [6, 6.07) is 0. The standard InChI is InChI=1S/C17H18N2O3/c1-8(2)22-11-5-4-10-12-14(18-13(10)11)17(21)15(19-6-7-19)9(3)16(12)20/h11,18H,1,4-7H2,2-3H3. The molecule has 4 rings (SSSR count). The Morgan fingerprint density at radius 3 is 2.68 bits per heavy atom. The predicted molar refractivity (Wildman–Crippen MR) is 80.7 cm³/mol. The molecule has 1 unspecified atom stereocenters. The van der Waals surface area contributed by atoms with E-state index in [-0.39, 0.29) is 17.7 Å². The number of aromatic amines is 1. The number of hydrogen-bond donors (Lipinski definition) is 1. The molecule has 2 heterocycles. The molecule has 5 nitrogen and oxygen atoms in total. The summed E-state index contributed by atoms with van der Waals surface area (Å²) in [5.41, 5.74) is 3.96. The van der Waals surface area contributed by atoms with Crippen LogP contribution in [0.4, 0.5) is 0 Å². The Bertz CT molecular complexity index is 765. The summed E-state index contributed by atoms with van der Waals surface area (Å²) in [5, 5.41) is 0. The van der Waals surface area contributed by atoms with Crippen molar-refractivity contribution >= 4 is 11.6 Å². The highest BCUT2D eigenvalue weighted by Crippen LogP contribution is 2.42. The predicted octanol–water partition coefficient (Wildman–Crippen LogP) is 2.52. The number of rotatable bonds is 3. The van der Waals surface area contributed by atoms with E-state index in [1.807, 2.05) is 4.90 Å². The van der Waals surface area contributed by atoms with Crippen molar-refractivity contribution < 1.29 is 14.3 Å². The molecule has 5 heteroatoms. The number of carbonyl (C=O) groups is 2. The molecule has 0 saturated carbocycles. The second-order valence-corrected chi connectivity index (χ2v) is 6.23. The largest absolute Gasteiger partial charge is 0.489 e. The summed E-state index contributed by atoms with van der Waals surface area (Å²) in [6.07, 6.45) is 1.43. The first-order valence-corrected chi connectivity index (χ1v) is 7.61. The van der Waals surface area contributed by atoms with Crippen LogP contribution in [-0.4, -0.2) is 34.5 Å². The summed E-state index contributed by atoms with van der Waals surface area (Å²) < 4.78 is 5.73. The highest BCUT2D eigenvalue weighted by atomic mass is 16.5. The Morgan fingerprint density at radius 2 is 2.05 bits per heavy atom. The van der Waals surface area contributed by atoms with Gasteiger partial charge < -0.3 is 14.6 Å². The van der Waals surface area contributed by atoms with Crippen molar-refractivity contribution in [3.63, 3.8) is 0 Å². The van der Waals surface area contributed by atoms with Gasteiger partial charge >= 0.3 is 0 Å². The third-order valence-electron chi connectivity index (χ3n) is 4.59. The number of ether oxygens (including phenoxy) is 1. The van der Waals surface area contributed by atoms with Crippen LogP contribution in [0.5, 0.6) is 0 Å². The van der Waals surface area contributed by atoms with Crippen LogP contribution in [0.25, 0.3) is 0 Å². The number of H-pyrrole nitrogens is 1. The zero-order valence-corrected chi connectivity index (χ0v) is 12.8. The van der Waals surface area contributed by atoms with E-state index in [1.165, 1.54) is 0 Å². The minimum Gasteiger partial charge on any atom is -0.489 e. The number of nitrogens with one attached hydrogen (secondary N) is 1. The Kier molecular flexibility index (Phi) is 2.64.